The van der Waals surface area contributed by atoms with Gasteiger partial charge in [-0.3, -0.25) is 0 Å². The van der Waals surface area contributed by atoms with Crippen molar-refractivity contribution in [3.8, 4) is 0 Å². The smallest absolute Gasteiger partial charge is 0.00908 e. The fourth-order valence-electron chi connectivity index (χ4n) is 4.44. The minimum absolute atomic E-state index is 0.694. The van der Waals surface area contributed by atoms with Gasteiger partial charge in [0.05, 0.1) is 0 Å². The third-order valence-electron chi connectivity index (χ3n) is 5.17. The molecule has 0 aromatic rings. The molecular formula is C14H21Br. The molecule has 2 fully saturated rings. The molecule has 2 saturated carbocycles. The monoisotopic (exact) mass is 268 g/mol. The maximum Gasteiger partial charge on any atom is 0.00908 e. The number of halogens is 1. The Bertz CT molecular complexity index is 263. The van der Waals surface area contributed by atoms with Crippen LogP contribution < -0.4 is 0 Å². The summed E-state index contributed by atoms with van der Waals surface area (Å²) in [6.07, 6.45) is 15.1. The summed E-state index contributed by atoms with van der Waals surface area (Å²) in [6, 6.07) is 0. The van der Waals surface area contributed by atoms with Crippen LogP contribution in [0.2, 0.25) is 0 Å². The summed E-state index contributed by atoms with van der Waals surface area (Å²) in [6.45, 7) is 0. The summed E-state index contributed by atoms with van der Waals surface area (Å²) >= 11 is 3.82. The summed E-state index contributed by atoms with van der Waals surface area (Å²) < 4.78 is 0. The number of hydrogen-bond acceptors (Lipinski definition) is 0. The quantitative estimate of drug-likeness (QED) is 0.521. The Labute approximate surface area is 102 Å². The molecule has 0 saturated heterocycles. The van der Waals surface area contributed by atoms with Crippen LogP contribution in [0.15, 0.2) is 12.2 Å². The van der Waals surface area contributed by atoms with Crippen molar-refractivity contribution in [3.05, 3.63) is 12.2 Å². The predicted octanol–water partition coefficient (Wildman–Crippen LogP) is 4.54. The van der Waals surface area contributed by atoms with Gasteiger partial charge in [0.1, 0.15) is 0 Å². The molecule has 0 heterocycles. The fraction of sp³-hybridized carbons (Fsp3) is 0.857. The average molecular weight is 269 g/mol. The Balaban J connectivity index is 1.70. The van der Waals surface area contributed by atoms with Gasteiger partial charge in [-0.1, -0.05) is 34.5 Å². The van der Waals surface area contributed by atoms with Crippen LogP contribution in [0.25, 0.3) is 0 Å². The van der Waals surface area contributed by atoms with Crippen molar-refractivity contribution in [3.63, 3.8) is 0 Å². The lowest BCUT2D eigenvalue weighted by molar-refractivity contribution is 0.152. The standard InChI is InChI=1S/C14H21Br/c15-10-14(8-11-3-1-2-4-11)9-12-5-6-13(14)7-12/h1-2,11-13H,3-10H2. The number of alkyl halides is 1. The molecule has 3 aliphatic carbocycles. The van der Waals surface area contributed by atoms with Crippen molar-refractivity contribution >= 4 is 15.9 Å². The number of hydrogen-bond donors (Lipinski definition) is 0. The molecule has 0 radical (unpaired) electrons. The first-order valence-electron chi connectivity index (χ1n) is 6.53. The van der Waals surface area contributed by atoms with Crippen LogP contribution in [-0.2, 0) is 0 Å². The van der Waals surface area contributed by atoms with Crippen LogP contribution in [0.4, 0.5) is 0 Å². The van der Waals surface area contributed by atoms with Crippen molar-refractivity contribution in [2.45, 2.75) is 44.9 Å². The highest BCUT2D eigenvalue weighted by atomic mass is 79.9. The van der Waals surface area contributed by atoms with Gasteiger partial charge in [0.15, 0.2) is 0 Å². The van der Waals surface area contributed by atoms with E-state index < -0.39 is 0 Å². The normalized spacial score (nSPS) is 44.3. The molecule has 0 amide bonds. The Morgan fingerprint density at radius 3 is 2.53 bits per heavy atom. The van der Waals surface area contributed by atoms with Gasteiger partial charge in [-0.05, 0) is 61.7 Å². The summed E-state index contributed by atoms with van der Waals surface area (Å²) in [5.74, 6) is 3.12. The molecule has 0 spiro atoms. The number of rotatable bonds is 3. The number of fused-ring (bicyclic) bond motifs is 2. The minimum Gasteiger partial charge on any atom is -0.0922 e. The topological polar surface area (TPSA) is 0 Å². The molecule has 1 heteroatoms. The van der Waals surface area contributed by atoms with E-state index in [1.165, 1.54) is 43.9 Å². The second-order valence-electron chi connectivity index (χ2n) is 6.09. The Hall–Kier alpha value is 0.220. The molecule has 0 nitrogen and oxygen atoms in total. The first-order chi connectivity index (χ1) is 7.32. The highest BCUT2D eigenvalue weighted by Crippen LogP contribution is 2.59. The molecular weight excluding hydrogens is 248 g/mol. The summed E-state index contributed by atoms with van der Waals surface area (Å²) in [7, 11) is 0. The van der Waals surface area contributed by atoms with Crippen LogP contribution in [0.1, 0.15) is 44.9 Å². The third-order valence-corrected chi connectivity index (χ3v) is 6.29. The second-order valence-corrected chi connectivity index (χ2v) is 6.65. The van der Waals surface area contributed by atoms with E-state index in [9.17, 15) is 0 Å². The van der Waals surface area contributed by atoms with Crippen molar-refractivity contribution in [1.82, 2.24) is 0 Å². The molecule has 15 heavy (non-hydrogen) atoms. The van der Waals surface area contributed by atoms with Crippen LogP contribution in [0.3, 0.4) is 0 Å². The fourth-order valence-corrected chi connectivity index (χ4v) is 5.36. The van der Waals surface area contributed by atoms with Crippen molar-refractivity contribution < 1.29 is 0 Å². The van der Waals surface area contributed by atoms with Gasteiger partial charge >= 0.3 is 0 Å². The first-order valence-corrected chi connectivity index (χ1v) is 7.65. The number of allylic oxidation sites excluding steroid dienone is 2. The largest absolute Gasteiger partial charge is 0.0922 e. The Morgan fingerprint density at radius 2 is 2.00 bits per heavy atom. The van der Waals surface area contributed by atoms with E-state index in [0.29, 0.717) is 5.41 Å². The molecule has 0 N–H and O–H groups in total. The molecule has 0 aromatic heterocycles. The third kappa shape index (κ3) is 1.71. The SMILES string of the molecule is BrCC1(CC2CC=CC2)CC2CCC1C2. The van der Waals surface area contributed by atoms with Crippen LogP contribution >= 0.6 is 15.9 Å². The van der Waals surface area contributed by atoms with Crippen LogP contribution in [-0.4, -0.2) is 5.33 Å². The van der Waals surface area contributed by atoms with Crippen LogP contribution in [0.5, 0.6) is 0 Å². The van der Waals surface area contributed by atoms with E-state index in [4.69, 9.17) is 0 Å². The van der Waals surface area contributed by atoms with Gasteiger partial charge in [0.2, 0.25) is 0 Å². The van der Waals surface area contributed by atoms with Crippen molar-refractivity contribution in [2.75, 3.05) is 5.33 Å². The van der Waals surface area contributed by atoms with Gasteiger partial charge < -0.3 is 0 Å². The van der Waals surface area contributed by atoms with Crippen molar-refractivity contribution in [2.24, 2.45) is 23.2 Å². The highest BCUT2D eigenvalue weighted by molar-refractivity contribution is 9.09. The van der Waals surface area contributed by atoms with Gasteiger partial charge in [0.25, 0.3) is 0 Å². The molecule has 3 unspecified atom stereocenters. The molecule has 3 aliphatic rings. The lowest BCUT2D eigenvalue weighted by Crippen LogP contribution is -2.31. The molecule has 0 aromatic carbocycles. The zero-order valence-corrected chi connectivity index (χ0v) is 11.0. The van der Waals surface area contributed by atoms with Gasteiger partial charge in [0, 0.05) is 5.33 Å². The molecule has 0 aliphatic heterocycles. The molecule has 84 valence electrons. The zero-order chi connectivity index (χ0) is 10.3. The highest BCUT2D eigenvalue weighted by Gasteiger charge is 2.50. The minimum atomic E-state index is 0.694. The lowest BCUT2D eigenvalue weighted by Gasteiger charge is -2.38. The maximum atomic E-state index is 3.82. The predicted molar refractivity (Wildman–Crippen MR) is 68.2 cm³/mol. The van der Waals surface area contributed by atoms with E-state index in [0.717, 1.165) is 17.8 Å². The van der Waals surface area contributed by atoms with Gasteiger partial charge in [-0.15, -0.1) is 0 Å². The molecule has 3 atom stereocenters. The zero-order valence-electron chi connectivity index (χ0n) is 9.42. The Morgan fingerprint density at radius 1 is 1.20 bits per heavy atom. The maximum absolute atomic E-state index is 3.82. The van der Waals surface area contributed by atoms with Crippen molar-refractivity contribution in [1.29, 1.82) is 0 Å². The van der Waals surface area contributed by atoms with E-state index in [2.05, 4.69) is 28.1 Å². The summed E-state index contributed by atoms with van der Waals surface area (Å²) in [4.78, 5) is 0. The van der Waals surface area contributed by atoms with E-state index in [1.807, 2.05) is 0 Å². The summed E-state index contributed by atoms with van der Waals surface area (Å²) in [5.41, 5.74) is 0.694. The van der Waals surface area contributed by atoms with Gasteiger partial charge in [-0.2, -0.15) is 0 Å². The van der Waals surface area contributed by atoms with Gasteiger partial charge in [-0.25, -0.2) is 0 Å². The summed E-state index contributed by atoms with van der Waals surface area (Å²) in [5, 5.41) is 1.26. The van der Waals surface area contributed by atoms with E-state index in [-0.39, 0.29) is 0 Å². The van der Waals surface area contributed by atoms with Crippen LogP contribution in [0, 0.1) is 23.2 Å². The lowest BCUT2D eigenvalue weighted by atomic mass is 9.69. The second kappa shape index (κ2) is 3.91. The van der Waals surface area contributed by atoms with E-state index >= 15 is 0 Å². The van der Waals surface area contributed by atoms with E-state index in [1.54, 1.807) is 6.42 Å². The Kier molecular flexibility index (Phi) is 2.70. The molecule has 2 bridgehead atoms. The first kappa shape index (κ1) is 10.4. The average Bonchev–Trinajstić information content (AvgIpc) is 2.93. The molecule has 3 rings (SSSR count).